The third kappa shape index (κ3) is 2.48. The summed E-state index contributed by atoms with van der Waals surface area (Å²) in [7, 11) is 0. The van der Waals surface area contributed by atoms with E-state index in [1.54, 1.807) is 0 Å². The zero-order valence-electron chi connectivity index (χ0n) is 13.7. The molecule has 5 rings (SSSR count). The smallest absolute Gasteiger partial charge is 0.309 e. The number of carboxylic acid groups (broad SMARTS) is 1. The molecule has 5 aliphatic rings. The van der Waals surface area contributed by atoms with Gasteiger partial charge in [-0.2, -0.15) is 0 Å². The second-order valence-corrected chi connectivity index (χ2v) is 8.57. The van der Waals surface area contributed by atoms with Crippen molar-refractivity contribution in [3.8, 4) is 0 Å². The van der Waals surface area contributed by atoms with Crippen LogP contribution < -0.4 is 5.32 Å². The van der Waals surface area contributed by atoms with Crippen LogP contribution in [0.25, 0.3) is 0 Å². The highest BCUT2D eigenvalue weighted by Gasteiger charge is 2.54. The highest BCUT2D eigenvalue weighted by atomic mass is 16.5. The quantitative estimate of drug-likeness (QED) is 0.838. The molecule has 5 fully saturated rings. The first-order valence-corrected chi connectivity index (χ1v) is 9.14. The van der Waals surface area contributed by atoms with Gasteiger partial charge in [-0.05, 0) is 63.2 Å². The molecule has 1 amide bonds. The number of carbonyl (C=O) groups excluding carboxylic acids is 1. The molecule has 1 aliphatic heterocycles. The van der Waals surface area contributed by atoms with E-state index in [0.29, 0.717) is 19.3 Å². The van der Waals surface area contributed by atoms with Crippen LogP contribution >= 0.6 is 0 Å². The van der Waals surface area contributed by atoms with Crippen LogP contribution in [0.4, 0.5) is 0 Å². The van der Waals surface area contributed by atoms with Crippen molar-refractivity contribution in [3.05, 3.63) is 0 Å². The molecule has 0 radical (unpaired) electrons. The summed E-state index contributed by atoms with van der Waals surface area (Å²) < 4.78 is 5.85. The van der Waals surface area contributed by atoms with Gasteiger partial charge < -0.3 is 15.2 Å². The van der Waals surface area contributed by atoms with Gasteiger partial charge in [-0.3, -0.25) is 9.59 Å². The monoisotopic (exact) mass is 321 g/mol. The minimum absolute atomic E-state index is 0.0403. The fourth-order valence-corrected chi connectivity index (χ4v) is 5.47. The van der Waals surface area contributed by atoms with Crippen LogP contribution in [0.2, 0.25) is 0 Å². The second kappa shape index (κ2) is 5.20. The molecule has 1 saturated heterocycles. The topological polar surface area (TPSA) is 75.6 Å². The molecule has 4 aliphatic carbocycles. The van der Waals surface area contributed by atoms with E-state index in [9.17, 15) is 14.7 Å². The lowest BCUT2D eigenvalue weighted by Gasteiger charge is -2.51. The van der Waals surface area contributed by atoms with Gasteiger partial charge in [0, 0.05) is 5.54 Å². The van der Waals surface area contributed by atoms with Gasteiger partial charge in [-0.1, -0.05) is 12.8 Å². The maximum absolute atomic E-state index is 12.7. The lowest BCUT2D eigenvalue weighted by Crippen LogP contribution is -2.59. The normalized spacial score (nSPS) is 41.3. The number of aliphatic carboxylic acids is 1. The molecule has 0 aromatic carbocycles. The summed E-state index contributed by atoms with van der Waals surface area (Å²) in [5.41, 5.74) is -0.440. The Morgan fingerprint density at radius 3 is 2.13 bits per heavy atom. The molecule has 1 unspecified atom stereocenters. The minimum atomic E-state index is -0.653. The summed E-state index contributed by atoms with van der Waals surface area (Å²) in [6, 6.07) is 0. The van der Waals surface area contributed by atoms with Crippen molar-refractivity contribution in [3.63, 3.8) is 0 Å². The van der Waals surface area contributed by atoms with E-state index in [4.69, 9.17) is 4.74 Å². The van der Waals surface area contributed by atoms with Gasteiger partial charge in [-0.15, -0.1) is 0 Å². The molecule has 0 aromatic rings. The van der Waals surface area contributed by atoms with Gasteiger partial charge in [0.25, 0.3) is 0 Å². The Morgan fingerprint density at radius 1 is 0.957 bits per heavy atom. The second-order valence-electron chi connectivity index (χ2n) is 8.57. The summed E-state index contributed by atoms with van der Waals surface area (Å²) in [4.78, 5) is 24.2. The first-order valence-electron chi connectivity index (χ1n) is 9.14. The molecule has 1 atom stereocenters. The molecule has 23 heavy (non-hydrogen) atoms. The number of rotatable bonds is 3. The van der Waals surface area contributed by atoms with E-state index in [0.717, 1.165) is 32.3 Å². The third-order valence-corrected chi connectivity index (χ3v) is 7.25. The SMILES string of the molecule is O=C(NC12CCC(C(=O)O)(CC1)CC2)C1CC2(CCCC2)CO1. The average Bonchev–Trinajstić information content (AvgIpc) is 3.19. The number of fused-ring (bicyclic) bond motifs is 3. The van der Waals surface area contributed by atoms with E-state index in [2.05, 4.69) is 5.32 Å². The molecule has 2 bridgehead atoms. The standard InChI is InChI=1S/C18H27NO4/c20-14(13-11-16(12-23-13)3-1-2-4-16)19-18-8-5-17(6-9-18,7-10-18)15(21)22/h13H,1-12H2,(H,19,20)(H,21,22). The molecule has 4 saturated carbocycles. The van der Waals surface area contributed by atoms with Gasteiger partial charge in [0.05, 0.1) is 12.0 Å². The Bertz CT molecular complexity index is 499. The Hall–Kier alpha value is -1.10. The van der Waals surface area contributed by atoms with Crippen LogP contribution in [0.3, 0.4) is 0 Å². The van der Waals surface area contributed by atoms with Crippen molar-refractivity contribution in [1.82, 2.24) is 5.32 Å². The Kier molecular flexibility index (Phi) is 3.49. The van der Waals surface area contributed by atoms with Gasteiger partial charge in [-0.25, -0.2) is 0 Å². The van der Waals surface area contributed by atoms with Gasteiger partial charge >= 0.3 is 5.97 Å². The Balaban J connectivity index is 1.38. The number of hydrogen-bond acceptors (Lipinski definition) is 3. The van der Waals surface area contributed by atoms with Crippen LogP contribution in [-0.2, 0) is 14.3 Å². The molecular weight excluding hydrogens is 294 g/mol. The van der Waals surface area contributed by atoms with Crippen LogP contribution in [-0.4, -0.2) is 35.2 Å². The zero-order chi connectivity index (χ0) is 16.1. The average molecular weight is 321 g/mol. The maximum atomic E-state index is 12.7. The number of amides is 1. The number of ether oxygens (including phenoxy) is 1. The van der Waals surface area contributed by atoms with E-state index in [-0.39, 0.29) is 23.0 Å². The van der Waals surface area contributed by atoms with Crippen molar-refractivity contribution in [2.75, 3.05) is 6.61 Å². The number of hydrogen-bond donors (Lipinski definition) is 2. The lowest BCUT2D eigenvalue weighted by molar-refractivity contribution is -0.157. The Labute approximate surface area is 137 Å². The van der Waals surface area contributed by atoms with Gasteiger partial charge in [0.1, 0.15) is 6.10 Å². The van der Waals surface area contributed by atoms with Gasteiger partial charge in [0.2, 0.25) is 5.91 Å². The molecule has 5 heteroatoms. The van der Waals surface area contributed by atoms with E-state index >= 15 is 0 Å². The highest BCUT2D eigenvalue weighted by molar-refractivity contribution is 5.82. The molecule has 1 heterocycles. The molecule has 128 valence electrons. The largest absolute Gasteiger partial charge is 0.481 e. The zero-order valence-corrected chi connectivity index (χ0v) is 13.7. The lowest BCUT2D eigenvalue weighted by atomic mass is 9.57. The van der Waals surface area contributed by atoms with Gasteiger partial charge in [0.15, 0.2) is 0 Å². The number of carboxylic acids is 1. The van der Waals surface area contributed by atoms with E-state index in [1.165, 1.54) is 25.7 Å². The molecular formula is C18H27NO4. The maximum Gasteiger partial charge on any atom is 0.309 e. The Morgan fingerprint density at radius 2 is 1.57 bits per heavy atom. The van der Waals surface area contributed by atoms with Crippen LogP contribution in [0.15, 0.2) is 0 Å². The minimum Gasteiger partial charge on any atom is -0.481 e. The predicted octanol–water partition coefficient (Wildman–Crippen LogP) is 2.63. The van der Waals surface area contributed by atoms with Crippen LogP contribution in [0.1, 0.15) is 70.6 Å². The van der Waals surface area contributed by atoms with Crippen molar-refractivity contribution in [1.29, 1.82) is 0 Å². The van der Waals surface area contributed by atoms with E-state index < -0.39 is 11.4 Å². The first-order chi connectivity index (χ1) is 11.0. The van der Waals surface area contributed by atoms with Crippen molar-refractivity contribution in [2.45, 2.75) is 82.3 Å². The highest BCUT2D eigenvalue weighted by Crippen LogP contribution is 2.53. The molecule has 2 N–H and O–H groups in total. The number of nitrogens with one attached hydrogen (secondary N) is 1. The van der Waals surface area contributed by atoms with Crippen molar-refractivity contribution < 1.29 is 19.4 Å². The van der Waals surface area contributed by atoms with E-state index in [1.807, 2.05) is 0 Å². The summed E-state index contributed by atoms with van der Waals surface area (Å²) in [5.74, 6) is -0.613. The molecule has 1 spiro atoms. The summed E-state index contributed by atoms with van der Waals surface area (Å²) in [6.45, 7) is 0.736. The van der Waals surface area contributed by atoms with Crippen molar-refractivity contribution in [2.24, 2.45) is 10.8 Å². The van der Waals surface area contributed by atoms with Crippen molar-refractivity contribution >= 4 is 11.9 Å². The predicted molar refractivity (Wildman–Crippen MR) is 83.9 cm³/mol. The third-order valence-electron chi connectivity index (χ3n) is 7.25. The molecule has 0 aromatic heterocycles. The van der Waals surface area contributed by atoms with Crippen LogP contribution in [0.5, 0.6) is 0 Å². The summed E-state index contributed by atoms with van der Waals surface area (Å²) in [5, 5.41) is 12.7. The fourth-order valence-electron chi connectivity index (χ4n) is 5.47. The fraction of sp³-hybridized carbons (Fsp3) is 0.889. The first kappa shape index (κ1) is 15.4. The summed E-state index contributed by atoms with van der Waals surface area (Å²) >= 11 is 0. The molecule has 5 nitrogen and oxygen atoms in total. The number of carbonyl (C=O) groups is 2. The van der Waals surface area contributed by atoms with Crippen LogP contribution in [0, 0.1) is 10.8 Å². The summed E-state index contributed by atoms with van der Waals surface area (Å²) in [6.07, 6.45) is 9.96.